The van der Waals surface area contributed by atoms with Gasteiger partial charge >= 0.3 is 0 Å². The van der Waals surface area contributed by atoms with Crippen LogP contribution in [0.2, 0.25) is 0 Å². The summed E-state index contributed by atoms with van der Waals surface area (Å²) in [6.07, 6.45) is 8.88. The lowest BCUT2D eigenvalue weighted by atomic mass is 9.99. The molecule has 6 heteroatoms. The first-order valence-corrected chi connectivity index (χ1v) is 8.12. The third-order valence-electron chi connectivity index (χ3n) is 4.21. The van der Waals surface area contributed by atoms with E-state index in [1.165, 1.54) is 16.5 Å². The van der Waals surface area contributed by atoms with E-state index in [2.05, 4.69) is 11.2 Å². The van der Waals surface area contributed by atoms with Crippen LogP contribution in [0.5, 0.6) is 0 Å². The minimum absolute atomic E-state index is 0.134. The van der Waals surface area contributed by atoms with Crippen LogP contribution >= 0.6 is 0 Å². The van der Waals surface area contributed by atoms with Gasteiger partial charge in [-0.15, -0.1) is 0 Å². The number of allylic oxidation sites excluding steroid dienone is 1. The van der Waals surface area contributed by atoms with E-state index in [0.717, 1.165) is 25.7 Å². The molecule has 2 saturated heterocycles. The van der Waals surface area contributed by atoms with Crippen molar-refractivity contribution in [2.45, 2.75) is 49.6 Å². The molecular weight excluding hydrogens is 262 g/mol. The summed E-state index contributed by atoms with van der Waals surface area (Å²) in [4.78, 5) is 0.316. The van der Waals surface area contributed by atoms with E-state index in [1.54, 1.807) is 17.5 Å². The second kappa shape index (κ2) is 4.45. The number of rotatable bonds is 2. The Balaban J connectivity index is 1.95. The van der Waals surface area contributed by atoms with Crippen molar-refractivity contribution < 1.29 is 8.42 Å². The maximum atomic E-state index is 12.7. The summed E-state index contributed by atoms with van der Waals surface area (Å²) >= 11 is 0. The molecule has 2 bridgehead atoms. The fourth-order valence-corrected chi connectivity index (χ4v) is 5.15. The van der Waals surface area contributed by atoms with Crippen LogP contribution in [-0.4, -0.2) is 34.6 Å². The van der Waals surface area contributed by atoms with E-state index < -0.39 is 10.0 Å². The maximum absolute atomic E-state index is 12.7. The lowest BCUT2D eigenvalue weighted by molar-refractivity contribution is 0.285. The smallest absolute Gasteiger partial charge is 0.246 e. The van der Waals surface area contributed by atoms with Gasteiger partial charge in [-0.2, -0.15) is 9.40 Å². The van der Waals surface area contributed by atoms with Crippen LogP contribution in [0.1, 0.15) is 32.6 Å². The molecule has 2 aliphatic rings. The van der Waals surface area contributed by atoms with E-state index in [1.807, 2.05) is 6.92 Å². The second-order valence-electron chi connectivity index (χ2n) is 5.42. The molecule has 5 nitrogen and oxygen atoms in total. The average Bonchev–Trinajstić information content (AvgIpc) is 2.92. The van der Waals surface area contributed by atoms with Crippen molar-refractivity contribution in [3.63, 3.8) is 0 Å². The summed E-state index contributed by atoms with van der Waals surface area (Å²) in [6, 6.07) is 0.269. The van der Waals surface area contributed by atoms with Crippen molar-refractivity contribution in [2.75, 3.05) is 0 Å². The standard InChI is InChI=1S/C13H19N3O2S/c1-3-10-6-11-4-5-12(7-10)16(11)19(17,18)13-8-14-15(2)9-13/h3,8-9,11-12H,4-7H2,1-2H3. The molecule has 0 aromatic carbocycles. The van der Waals surface area contributed by atoms with Crippen LogP contribution in [0.4, 0.5) is 0 Å². The summed E-state index contributed by atoms with van der Waals surface area (Å²) < 4.78 is 28.7. The molecule has 0 aliphatic carbocycles. The van der Waals surface area contributed by atoms with Crippen molar-refractivity contribution in [1.29, 1.82) is 0 Å². The van der Waals surface area contributed by atoms with Gasteiger partial charge in [0.05, 0.1) is 6.20 Å². The van der Waals surface area contributed by atoms with Gasteiger partial charge in [-0.05, 0) is 32.6 Å². The van der Waals surface area contributed by atoms with E-state index in [-0.39, 0.29) is 12.1 Å². The number of nitrogens with zero attached hydrogens (tertiary/aromatic N) is 3. The number of hydrogen-bond acceptors (Lipinski definition) is 3. The molecule has 0 spiro atoms. The average molecular weight is 281 g/mol. The fraction of sp³-hybridized carbons (Fsp3) is 0.615. The Morgan fingerprint density at radius 2 is 1.95 bits per heavy atom. The molecule has 19 heavy (non-hydrogen) atoms. The van der Waals surface area contributed by atoms with Crippen LogP contribution in [0.15, 0.2) is 28.9 Å². The van der Waals surface area contributed by atoms with Gasteiger partial charge in [0.15, 0.2) is 0 Å². The van der Waals surface area contributed by atoms with Crippen molar-refractivity contribution in [3.8, 4) is 0 Å². The Morgan fingerprint density at radius 3 is 2.42 bits per heavy atom. The van der Waals surface area contributed by atoms with Gasteiger partial charge in [-0.3, -0.25) is 4.68 Å². The lowest BCUT2D eigenvalue weighted by Gasteiger charge is -2.34. The molecule has 2 aliphatic heterocycles. The van der Waals surface area contributed by atoms with Crippen molar-refractivity contribution >= 4 is 10.0 Å². The van der Waals surface area contributed by atoms with Crippen LogP contribution in [-0.2, 0) is 17.1 Å². The number of aryl methyl sites for hydroxylation is 1. The first-order chi connectivity index (χ1) is 9.02. The van der Waals surface area contributed by atoms with Crippen molar-refractivity contribution in [2.24, 2.45) is 7.05 Å². The van der Waals surface area contributed by atoms with Gasteiger partial charge in [0, 0.05) is 25.3 Å². The zero-order valence-electron chi connectivity index (χ0n) is 11.3. The van der Waals surface area contributed by atoms with Gasteiger partial charge in [0.2, 0.25) is 10.0 Å². The van der Waals surface area contributed by atoms with Crippen LogP contribution in [0.25, 0.3) is 0 Å². The zero-order valence-corrected chi connectivity index (χ0v) is 12.1. The first-order valence-electron chi connectivity index (χ1n) is 6.68. The molecule has 0 amide bonds. The highest BCUT2D eigenvalue weighted by Crippen LogP contribution is 2.41. The minimum Gasteiger partial charge on any atom is -0.274 e. The minimum atomic E-state index is -3.39. The molecule has 0 saturated carbocycles. The zero-order chi connectivity index (χ0) is 13.6. The molecule has 0 N–H and O–H groups in total. The Morgan fingerprint density at radius 1 is 1.32 bits per heavy atom. The number of sulfonamides is 1. The molecule has 3 rings (SSSR count). The number of piperidine rings is 1. The Kier molecular flexibility index (Phi) is 3.02. The summed E-state index contributed by atoms with van der Waals surface area (Å²) in [5.41, 5.74) is 1.39. The number of fused-ring (bicyclic) bond motifs is 2. The first kappa shape index (κ1) is 12.9. The molecule has 3 heterocycles. The summed E-state index contributed by atoms with van der Waals surface area (Å²) in [7, 11) is -1.65. The van der Waals surface area contributed by atoms with Gasteiger partial charge in [-0.1, -0.05) is 11.6 Å². The van der Waals surface area contributed by atoms with Crippen LogP contribution in [0, 0.1) is 0 Å². The largest absolute Gasteiger partial charge is 0.274 e. The molecule has 0 radical (unpaired) electrons. The topological polar surface area (TPSA) is 55.2 Å². The van der Waals surface area contributed by atoms with E-state index in [9.17, 15) is 8.42 Å². The third kappa shape index (κ3) is 2.03. The van der Waals surface area contributed by atoms with Crippen molar-refractivity contribution in [1.82, 2.24) is 14.1 Å². The van der Waals surface area contributed by atoms with Gasteiger partial charge in [0.1, 0.15) is 4.90 Å². The number of aromatic nitrogens is 2. The highest BCUT2D eigenvalue weighted by Gasteiger charge is 2.45. The molecule has 2 fully saturated rings. The molecule has 1 aromatic rings. The van der Waals surface area contributed by atoms with Crippen molar-refractivity contribution in [3.05, 3.63) is 24.0 Å². The summed E-state index contributed by atoms with van der Waals surface area (Å²) in [6.45, 7) is 2.04. The fourth-order valence-electron chi connectivity index (χ4n) is 3.29. The van der Waals surface area contributed by atoms with Gasteiger partial charge in [-0.25, -0.2) is 8.42 Å². The van der Waals surface area contributed by atoms with E-state index in [0.29, 0.717) is 4.90 Å². The third-order valence-corrected chi connectivity index (χ3v) is 6.17. The Bertz CT molecular complexity index is 602. The lowest BCUT2D eigenvalue weighted by Crippen LogP contribution is -2.44. The summed E-state index contributed by atoms with van der Waals surface area (Å²) in [5, 5.41) is 3.98. The molecule has 2 atom stereocenters. The molecule has 2 unspecified atom stereocenters. The predicted molar refractivity (Wildman–Crippen MR) is 72.0 cm³/mol. The SMILES string of the molecule is CC=C1CC2CCC(C1)N2S(=O)(=O)c1cnn(C)c1. The Labute approximate surface area is 114 Å². The van der Waals surface area contributed by atoms with Gasteiger partial charge < -0.3 is 0 Å². The normalized spacial score (nSPS) is 27.8. The van der Waals surface area contributed by atoms with Gasteiger partial charge in [0.25, 0.3) is 0 Å². The quantitative estimate of drug-likeness (QED) is 0.775. The summed E-state index contributed by atoms with van der Waals surface area (Å²) in [5.74, 6) is 0. The highest BCUT2D eigenvalue weighted by atomic mass is 32.2. The molecule has 104 valence electrons. The van der Waals surface area contributed by atoms with Crippen LogP contribution in [0.3, 0.4) is 0 Å². The number of hydrogen-bond donors (Lipinski definition) is 0. The monoisotopic (exact) mass is 281 g/mol. The van der Waals surface area contributed by atoms with E-state index >= 15 is 0 Å². The Hall–Kier alpha value is -1.14. The second-order valence-corrected chi connectivity index (χ2v) is 7.27. The molecular formula is C13H19N3O2S. The van der Waals surface area contributed by atoms with Crippen LogP contribution < -0.4 is 0 Å². The van der Waals surface area contributed by atoms with E-state index in [4.69, 9.17) is 0 Å². The maximum Gasteiger partial charge on any atom is 0.246 e. The predicted octanol–water partition coefficient (Wildman–Crippen LogP) is 1.68. The highest BCUT2D eigenvalue weighted by molar-refractivity contribution is 7.89. The molecule has 1 aromatic heterocycles.